The first kappa shape index (κ1) is 21.3. The highest BCUT2D eigenvalue weighted by Crippen LogP contribution is 2.28. The van der Waals surface area contributed by atoms with E-state index < -0.39 is 0 Å². The minimum absolute atomic E-state index is 0.0128. The molecule has 3 heterocycles. The van der Waals surface area contributed by atoms with Crippen LogP contribution < -0.4 is 0 Å². The lowest BCUT2D eigenvalue weighted by molar-refractivity contribution is 0.0629. The minimum Gasteiger partial charge on any atom is -0.336 e. The van der Waals surface area contributed by atoms with E-state index >= 15 is 0 Å². The van der Waals surface area contributed by atoms with Crippen LogP contribution in [-0.4, -0.2) is 56.7 Å². The first-order valence-corrected chi connectivity index (χ1v) is 11.2. The first-order valence-electron chi connectivity index (χ1n) is 11.2. The molecule has 33 heavy (non-hydrogen) atoms. The van der Waals surface area contributed by atoms with Gasteiger partial charge in [-0.2, -0.15) is 5.10 Å². The van der Waals surface area contributed by atoms with Crippen LogP contribution in [-0.2, 0) is 13.6 Å². The molecule has 7 heteroatoms. The Labute approximate surface area is 192 Å². The Balaban J connectivity index is 1.41. The molecule has 0 spiro atoms. The van der Waals surface area contributed by atoms with Gasteiger partial charge in [0.1, 0.15) is 5.82 Å². The number of hydrogen-bond donors (Lipinski definition) is 0. The summed E-state index contributed by atoms with van der Waals surface area (Å²) in [5.74, 6) is -0.197. The molecule has 0 atom stereocenters. The zero-order valence-electron chi connectivity index (χ0n) is 18.8. The number of carbonyl (C=O) groups excluding carboxylic acids is 1. The lowest BCUT2D eigenvalue weighted by Crippen LogP contribution is -2.48. The van der Waals surface area contributed by atoms with Crippen molar-refractivity contribution in [2.24, 2.45) is 7.05 Å². The summed E-state index contributed by atoms with van der Waals surface area (Å²) in [4.78, 5) is 22.5. The second kappa shape index (κ2) is 8.75. The second-order valence-corrected chi connectivity index (χ2v) is 8.49. The van der Waals surface area contributed by atoms with Gasteiger partial charge in [0.15, 0.2) is 5.65 Å². The van der Waals surface area contributed by atoms with E-state index in [1.54, 1.807) is 10.7 Å². The molecule has 1 fully saturated rings. The zero-order valence-corrected chi connectivity index (χ0v) is 18.8. The summed E-state index contributed by atoms with van der Waals surface area (Å²) in [7, 11) is 1.85. The highest BCUT2D eigenvalue weighted by atomic mass is 19.1. The molecular weight excluding hydrogens is 417 g/mol. The van der Waals surface area contributed by atoms with Crippen LogP contribution >= 0.6 is 0 Å². The van der Waals surface area contributed by atoms with Crippen LogP contribution in [0.25, 0.3) is 22.3 Å². The molecule has 0 unspecified atom stereocenters. The van der Waals surface area contributed by atoms with Crippen LogP contribution in [0.5, 0.6) is 0 Å². The van der Waals surface area contributed by atoms with Gasteiger partial charge in [-0.15, -0.1) is 0 Å². The molecular formula is C26H26FN5O. The van der Waals surface area contributed by atoms with Crippen molar-refractivity contribution in [2.75, 3.05) is 26.2 Å². The quantitative estimate of drug-likeness (QED) is 0.478. The number of piperazine rings is 1. The standard InChI is InChI=1S/C26H26FN5O/c1-18-24-21(16-23(19-8-4-3-5-9-19)28-25(24)30(2)29-18)26(33)32-14-12-31(13-15-32)17-20-10-6-7-11-22(20)27/h3-11,16H,12-15,17H2,1-2H3. The first-order chi connectivity index (χ1) is 16.0. The molecule has 1 saturated heterocycles. The maximum atomic E-state index is 14.0. The summed E-state index contributed by atoms with van der Waals surface area (Å²) in [5.41, 5.74) is 4.53. The number of amides is 1. The Morgan fingerprint density at radius 3 is 2.42 bits per heavy atom. The number of aryl methyl sites for hydroxylation is 2. The third-order valence-corrected chi connectivity index (χ3v) is 6.28. The molecule has 0 saturated carbocycles. The number of carbonyl (C=O) groups is 1. The third-order valence-electron chi connectivity index (χ3n) is 6.28. The van der Waals surface area contributed by atoms with Gasteiger partial charge in [-0.25, -0.2) is 9.37 Å². The Morgan fingerprint density at radius 1 is 1.00 bits per heavy atom. The van der Waals surface area contributed by atoms with E-state index in [1.807, 2.05) is 67.4 Å². The Morgan fingerprint density at radius 2 is 1.70 bits per heavy atom. The van der Waals surface area contributed by atoms with Crippen LogP contribution in [0.15, 0.2) is 60.7 Å². The number of hydrogen-bond acceptors (Lipinski definition) is 4. The predicted octanol–water partition coefficient (Wildman–Crippen LogP) is 4.04. The van der Waals surface area contributed by atoms with E-state index in [1.165, 1.54) is 6.07 Å². The topological polar surface area (TPSA) is 54.3 Å². The van der Waals surface area contributed by atoms with E-state index in [4.69, 9.17) is 4.98 Å². The third kappa shape index (κ3) is 4.12. The van der Waals surface area contributed by atoms with Crippen LogP contribution in [0.2, 0.25) is 0 Å². The highest BCUT2D eigenvalue weighted by Gasteiger charge is 2.26. The molecule has 1 aliphatic rings. The summed E-state index contributed by atoms with van der Waals surface area (Å²) in [6.45, 7) is 5.05. The molecule has 0 N–H and O–H groups in total. The maximum absolute atomic E-state index is 14.0. The van der Waals surface area contributed by atoms with Gasteiger partial charge >= 0.3 is 0 Å². The molecule has 1 amide bonds. The smallest absolute Gasteiger partial charge is 0.254 e. The normalized spacial score (nSPS) is 14.7. The lowest BCUT2D eigenvalue weighted by Gasteiger charge is -2.35. The van der Waals surface area contributed by atoms with Crippen molar-refractivity contribution < 1.29 is 9.18 Å². The van der Waals surface area contributed by atoms with E-state index in [0.29, 0.717) is 49.5 Å². The van der Waals surface area contributed by atoms with Gasteiger partial charge in [-0.05, 0) is 19.1 Å². The number of rotatable bonds is 4. The molecule has 2 aromatic carbocycles. The maximum Gasteiger partial charge on any atom is 0.254 e. The summed E-state index contributed by atoms with van der Waals surface area (Å²) < 4.78 is 15.8. The number of halogens is 1. The molecule has 0 aliphatic carbocycles. The molecule has 0 radical (unpaired) electrons. The summed E-state index contributed by atoms with van der Waals surface area (Å²) in [5, 5.41) is 5.32. The number of nitrogens with zero attached hydrogens (tertiary/aromatic N) is 5. The molecule has 5 rings (SSSR count). The fraction of sp³-hybridized carbons (Fsp3) is 0.269. The van der Waals surface area contributed by atoms with Crippen molar-refractivity contribution in [2.45, 2.75) is 13.5 Å². The molecule has 4 aromatic rings. The van der Waals surface area contributed by atoms with E-state index in [0.717, 1.165) is 22.3 Å². The second-order valence-electron chi connectivity index (χ2n) is 8.49. The van der Waals surface area contributed by atoms with Gasteiger partial charge in [-0.3, -0.25) is 14.4 Å². The molecule has 1 aliphatic heterocycles. The van der Waals surface area contributed by atoms with E-state index in [-0.39, 0.29) is 11.7 Å². The Kier molecular flexibility index (Phi) is 5.64. The molecule has 6 nitrogen and oxygen atoms in total. The van der Waals surface area contributed by atoms with Crippen molar-refractivity contribution in [3.8, 4) is 11.3 Å². The summed E-state index contributed by atoms with van der Waals surface area (Å²) >= 11 is 0. The minimum atomic E-state index is -0.185. The number of pyridine rings is 1. The Hall–Kier alpha value is -3.58. The molecule has 2 aromatic heterocycles. The molecule has 168 valence electrons. The number of fused-ring (bicyclic) bond motifs is 1. The predicted molar refractivity (Wildman–Crippen MR) is 126 cm³/mol. The Bertz CT molecular complexity index is 1310. The van der Waals surface area contributed by atoms with Crippen LogP contribution in [0.4, 0.5) is 4.39 Å². The van der Waals surface area contributed by atoms with Gasteiger partial charge in [-0.1, -0.05) is 48.5 Å². The zero-order chi connectivity index (χ0) is 22.9. The van der Waals surface area contributed by atoms with Crippen LogP contribution in [0.1, 0.15) is 21.6 Å². The van der Waals surface area contributed by atoms with Gasteiger partial charge in [0, 0.05) is 50.9 Å². The highest BCUT2D eigenvalue weighted by molar-refractivity contribution is 6.07. The van der Waals surface area contributed by atoms with Crippen molar-refractivity contribution in [3.63, 3.8) is 0 Å². The number of aromatic nitrogens is 3. The van der Waals surface area contributed by atoms with Gasteiger partial charge in [0.2, 0.25) is 0 Å². The fourth-order valence-electron chi connectivity index (χ4n) is 4.52. The summed E-state index contributed by atoms with van der Waals surface area (Å²) in [6.07, 6.45) is 0. The van der Waals surface area contributed by atoms with Gasteiger partial charge in [0.25, 0.3) is 5.91 Å². The SMILES string of the molecule is Cc1nn(C)c2nc(-c3ccccc3)cc(C(=O)N3CCN(Cc4ccccc4F)CC3)c12. The average molecular weight is 444 g/mol. The van der Waals surface area contributed by atoms with Crippen molar-refractivity contribution in [3.05, 3.63) is 83.3 Å². The number of benzene rings is 2. The summed E-state index contributed by atoms with van der Waals surface area (Å²) in [6, 6.07) is 18.6. The van der Waals surface area contributed by atoms with E-state index in [2.05, 4.69) is 10.00 Å². The van der Waals surface area contributed by atoms with Crippen molar-refractivity contribution >= 4 is 16.9 Å². The van der Waals surface area contributed by atoms with Crippen LogP contribution in [0, 0.1) is 12.7 Å². The average Bonchev–Trinajstić information content (AvgIpc) is 3.14. The van der Waals surface area contributed by atoms with Gasteiger partial charge < -0.3 is 4.90 Å². The monoisotopic (exact) mass is 443 g/mol. The molecule has 0 bridgehead atoms. The largest absolute Gasteiger partial charge is 0.336 e. The van der Waals surface area contributed by atoms with Crippen molar-refractivity contribution in [1.82, 2.24) is 24.6 Å². The van der Waals surface area contributed by atoms with Crippen LogP contribution in [0.3, 0.4) is 0 Å². The fourth-order valence-corrected chi connectivity index (χ4v) is 4.52. The van der Waals surface area contributed by atoms with E-state index in [9.17, 15) is 9.18 Å². The van der Waals surface area contributed by atoms with Gasteiger partial charge in [0.05, 0.1) is 22.3 Å². The van der Waals surface area contributed by atoms with Crippen molar-refractivity contribution in [1.29, 1.82) is 0 Å². The lowest BCUT2D eigenvalue weighted by atomic mass is 10.0.